The molecule has 2 aliphatic heterocycles. The minimum absolute atomic E-state index is 0.113. The molecule has 0 aromatic heterocycles. The number of carbonyl (C=O) groups is 1. The van der Waals surface area contributed by atoms with Gasteiger partial charge in [-0.1, -0.05) is 31.9 Å². The molecule has 0 radical (unpaired) electrons. The number of aliphatic imine (C=N–C) groups is 1. The molecule has 2 fully saturated rings. The molecular formula is C26H36F3N3O3S. The topological polar surface area (TPSA) is 78.8 Å². The third-order valence-electron chi connectivity index (χ3n) is 8.11. The zero-order valence-corrected chi connectivity index (χ0v) is 22.1. The van der Waals surface area contributed by atoms with Crippen LogP contribution in [0.5, 0.6) is 0 Å². The second kappa shape index (κ2) is 10.1. The first-order valence-electron chi connectivity index (χ1n) is 12.8. The Balaban J connectivity index is 1.37. The molecule has 2 heterocycles. The number of halogens is 3. The highest BCUT2D eigenvalue weighted by Crippen LogP contribution is 2.36. The van der Waals surface area contributed by atoms with E-state index in [4.69, 9.17) is 4.99 Å². The van der Waals surface area contributed by atoms with Gasteiger partial charge in [-0.2, -0.15) is 13.2 Å². The number of alkyl halides is 3. The second-order valence-corrected chi connectivity index (χ2v) is 13.0. The van der Waals surface area contributed by atoms with Crippen LogP contribution in [0.2, 0.25) is 0 Å². The molecule has 1 aliphatic carbocycles. The molecule has 1 spiro atoms. The summed E-state index contributed by atoms with van der Waals surface area (Å²) in [5.41, 5.74) is 1.42. The summed E-state index contributed by atoms with van der Waals surface area (Å²) in [5, 5.41) is 3.00. The first kappa shape index (κ1) is 27.1. The average Bonchev–Trinajstić information content (AvgIpc) is 3.08. The van der Waals surface area contributed by atoms with Crippen molar-refractivity contribution in [1.29, 1.82) is 0 Å². The normalized spacial score (nSPS) is 25.2. The van der Waals surface area contributed by atoms with Crippen LogP contribution in [0.15, 0.2) is 17.1 Å². The number of aryl methyl sites for hydroxylation is 2. The Morgan fingerprint density at radius 2 is 1.67 bits per heavy atom. The summed E-state index contributed by atoms with van der Waals surface area (Å²) in [7, 11) is -3.58. The highest BCUT2D eigenvalue weighted by Gasteiger charge is 2.48. The van der Waals surface area contributed by atoms with Crippen LogP contribution in [0, 0.1) is 25.7 Å². The third kappa shape index (κ3) is 5.96. The summed E-state index contributed by atoms with van der Waals surface area (Å²) in [6, 6.07) is 2.99. The lowest BCUT2D eigenvalue weighted by molar-refractivity contribution is -0.127. The molecule has 1 amide bonds. The minimum atomic E-state index is -4.29. The second-order valence-electron chi connectivity index (χ2n) is 10.9. The van der Waals surface area contributed by atoms with Gasteiger partial charge in [-0.05, 0) is 74.1 Å². The van der Waals surface area contributed by atoms with Gasteiger partial charge in [0.2, 0.25) is 10.0 Å². The largest absolute Gasteiger partial charge is 0.393 e. The Morgan fingerprint density at radius 1 is 1.08 bits per heavy atom. The molecule has 200 valence electrons. The molecule has 0 atom stereocenters. The Kier molecular flexibility index (Phi) is 7.59. The van der Waals surface area contributed by atoms with Crippen LogP contribution < -0.4 is 5.32 Å². The van der Waals surface area contributed by atoms with Crippen LogP contribution in [0.4, 0.5) is 13.2 Å². The number of benzene rings is 1. The molecule has 6 nitrogen and oxygen atoms in total. The maximum absolute atomic E-state index is 13.1. The number of rotatable bonds is 6. The van der Waals surface area contributed by atoms with E-state index in [1.165, 1.54) is 16.4 Å². The van der Waals surface area contributed by atoms with Crippen LogP contribution in [-0.4, -0.2) is 55.0 Å². The van der Waals surface area contributed by atoms with Crippen molar-refractivity contribution in [3.8, 4) is 0 Å². The first-order valence-corrected chi connectivity index (χ1v) is 14.4. The average molecular weight is 528 g/mol. The standard InChI is InChI=1S/C26H36F3N3O3S/c1-17-4-6-21(7-5-17)23-30-24(33)25(31-23)9-11-32(12-10-25)36(34,35)13-8-22-18(2)14-20(15-19(22)3)16-26(27,28)29/h14-15,17,21H,4-13,16H2,1-3H3,(H,30,31,33). The van der Waals surface area contributed by atoms with Gasteiger partial charge in [0, 0.05) is 19.0 Å². The molecule has 1 aromatic rings. The van der Waals surface area contributed by atoms with E-state index in [1.54, 1.807) is 13.8 Å². The van der Waals surface area contributed by atoms with E-state index in [0.29, 0.717) is 29.9 Å². The number of hydrogen-bond donors (Lipinski definition) is 1. The molecule has 1 aromatic carbocycles. The van der Waals surface area contributed by atoms with Crippen molar-refractivity contribution in [3.05, 3.63) is 34.4 Å². The maximum atomic E-state index is 13.1. The summed E-state index contributed by atoms with van der Waals surface area (Å²) in [6.07, 6.45) is -0.0443. The van der Waals surface area contributed by atoms with Crippen LogP contribution >= 0.6 is 0 Å². The van der Waals surface area contributed by atoms with E-state index in [-0.39, 0.29) is 42.7 Å². The number of amidine groups is 1. The maximum Gasteiger partial charge on any atom is 0.393 e. The summed E-state index contributed by atoms with van der Waals surface area (Å²) in [5.74, 6) is 1.52. The SMILES string of the molecule is Cc1cc(CC(F)(F)F)cc(C)c1CCS(=O)(=O)N1CCC2(CC1)N=C(C1CCC(C)CC1)NC2=O. The zero-order valence-electron chi connectivity index (χ0n) is 21.2. The molecule has 0 unspecified atom stereocenters. The van der Waals surface area contributed by atoms with Gasteiger partial charge >= 0.3 is 6.18 Å². The molecule has 4 rings (SSSR count). The number of amides is 1. The molecule has 1 N–H and O–H groups in total. The molecule has 1 saturated carbocycles. The summed E-state index contributed by atoms with van der Waals surface area (Å²) >= 11 is 0. The summed E-state index contributed by atoms with van der Waals surface area (Å²) < 4.78 is 65.9. The van der Waals surface area contributed by atoms with Crippen molar-refractivity contribution in [2.45, 2.75) is 83.9 Å². The van der Waals surface area contributed by atoms with Crippen LogP contribution in [-0.2, 0) is 27.7 Å². The van der Waals surface area contributed by atoms with Gasteiger partial charge in [0.25, 0.3) is 5.91 Å². The van der Waals surface area contributed by atoms with Crippen molar-refractivity contribution in [2.75, 3.05) is 18.8 Å². The Hall–Kier alpha value is -1.94. The number of hydrogen-bond acceptors (Lipinski definition) is 4. The van der Waals surface area contributed by atoms with Crippen LogP contribution in [0.3, 0.4) is 0 Å². The van der Waals surface area contributed by atoms with E-state index in [9.17, 15) is 26.4 Å². The fraction of sp³-hybridized carbons (Fsp3) is 0.692. The third-order valence-corrected chi connectivity index (χ3v) is 9.99. The van der Waals surface area contributed by atoms with Crippen molar-refractivity contribution in [2.24, 2.45) is 16.8 Å². The van der Waals surface area contributed by atoms with Gasteiger partial charge in [0.05, 0.1) is 12.2 Å². The Morgan fingerprint density at radius 3 is 2.22 bits per heavy atom. The predicted molar refractivity (Wildman–Crippen MR) is 133 cm³/mol. The fourth-order valence-corrected chi connectivity index (χ4v) is 7.37. The Bertz CT molecular complexity index is 1110. The van der Waals surface area contributed by atoms with E-state index >= 15 is 0 Å². The lowest BCUT2D eigenvalue weighted by Crippen LogP contribution is -2.51. The van der Waals surface area contributed by atoms with Crippen LogP contribution in [0.25, 0.3) is 0 Å². The smallest absolute Gasteiger partial charge is 0.312 e. The highest BCUT2D eigenvalue weighted by molar-refractivity contribution is 7.89. The van der Waals surface area contributed by atoms with Crippen molar-refractivity contribution >= 4 is 21.8 Å². The fourth-order valence-electron chi connectivity index (χ4n) is 5.91. The van der Waals surface area contributed by atoms with Crippen molar-refractivity contribution in [1.82, 2.24) is 9.62 Å². The number of sulfonamides is 1. The van der Waals surface area contributed by atoms with Gasteiger partial charge in [0.1, 0.15) is 11.4 Å². The number of piperidine rings is 1. The van der Waals surface area contributed by atoms with E-state index < -0.39 is 28.2 Å². The van der Waals surface area contributed by atoms with Crippen molar-refractivity contribution < 1.29 is 26.4 Å². The van der Waals surface area contributed by atoms with Gasteiger partial charge in [-0.3, -0.25) is 9.79 Å². The summed E-state index contributed by atoms with van der Waals surface area (Å²) in [4.78, 5) is 17.7. The van der Waals surface area contributed by atoms with E-state index in [1.807, 2.05) is 0 Å². The predicted octanol–water partition coefficient (Wildman–Crippen LogP) is 4.47. The molecule has 3 aliphatic rings. The quantitative estimate of drug-likeness (QED) is 0.593. The molecular weight excluding hydrogens is 491 g/mol. The van der Waals surface area contributed by atoms with Gasteiger partial charge in [-0.15, -0.1) is 0 Å². The lowest BCUT2D eigenvalue weighted by Gasteiger charge is -2.34. The minimum Gasteiger partial charge on any atom is -0.312 e. The van der Waals surface area contributed by atoms with E-state index in [2.05, 4.69) is 12.2 Å². The number of nitrogens with one attached hydrogen (secondary N) is 1. The molecule has 0 bridgehead atoms. The monoisotopic (exact) mass is 527 g/mol. The molecule has 10 heteroatoms. The van der Waals surface area contributed by atoms with Gasteiger partial charge < -0.3 is 5.32 Å². The van der Waals surface area contributed by atoms with Crippen molar-refractivity contribution in [3.63, 3.8) is 0 Å². The molecule has 1 saturated heterocycles. The highest BCUT2D eigenvalue weighted by atomic mass is 32.2. The van der Waals surface area contributed by atoms with E-state index in [0.717, 1.165) is 37.1 Å². The van der Waals surface area contributed by atoms with Gasteiger partial charge in [0.15, 0.2) is 0 Å². The zero-order chi connectivity index (χ0) is 26.3. The van der Waals surface area contributed by atoms with Crippen LogP contribution in [0.1, 0.15) is 67.7 Å². The first-order chi connectivity index (χ1) is 16.8. The summed E-state index contributed by atoms with van der Waals surface area (Å²) in [6.45, 7) is 6.16. The number of nitrogens with zero attached hydrogens (tertiary/aromatic N) is 2. The van der Waals surface area contributed by atoms with Gasteiger partial charge in [-0.25, -0.2) is 12.7 Å². The number of carbonyl (C=O) groups excluding carboxylic acids is 1. The molecule has 36 heavy (non-hydrogen) atoms. The Labute approximate surface area is 211 Å². The lowest BCUT2D eigenvalue weighted by atomic mass is 9.82.